The highest BCUT2D eigenvalue weighted by Gasteiger charge is 2.39. The molecule has 1 atom stereocenters. The Balaban J connectivity index is 1.69. The Labute approximate surface area is 169 Å². The van der Waals surface area contributed by atoms with Crippen LogP contribution in [0.15, 0.2) is 53.4 Å². The third-order valence-electron chi connectivity index (χ3n) is 5.08. The molecule has 28 heavy (non-hydrogen) atoms. The molecule has 0 aromatic heterocycles. The van der Waals surface area contributed by atoms with Gasteiger partial charge in [0.25, 0.3) is 15.9 Å². The predicted octanol–water partition coefficient (Wildman–Crippen LogP) is 3.31. The number of benzene rings is 2. The molecule has 0 aliphatic carbocycles. The number of amides is 1. The van der Waals surface area contributed by atoms with E-state index in [1.54, 1.807) is 29.2 Å². The van der Waals surface area contributed by atoms with Crippen LogP contribution in [-0.2, 0) is 14.8 Å². The van der Waals surface area contributed by atoms with Crippen molar-refractivity contribution >= 4 is 33.2 Å². The van der Waals surface area contributed by atoms with Crippen molar-refractivity contribution in [2.75, 3.05) is 23.9 Å². The molecule has 148 valence electrons. The molecule has 0 N–H and O–H groups in total. The Morgan fingerprint density at radius 1 is 1.00 bits per heavy atom. The highest BCUT2D eigenvalue weighted by Crippen LogP contribution is 2.37. The topological polar surface area (TPSA) is 66.9 Å². The van der Waals surface area contributed by atoms with Crippen molar-refractivity contribution in [1.29, 1.82) is 0 Å². The van der Waals surface area contributed by atoms with Crippen molar-refractivity contribution in [3.05, 3.63) is 53.6 Å². The van der Waals surface area contributed by atoms with Crippen LogP contribution >= 0.6 is 11.6 Å². The number of fused-ring (bicyclic) bond motifs is 1. The molecule has 1 amide bonds. The van der Waals surface area contributed by atoms with E-state index >= 15 is 0 Å². The molecule has 0 saturated carbocycles. The number of carbonyl (C=O) groups is 1. The molecule has 6 nitrogen and oxygen atoms in total. The maximum atomic E-state index is 13.3. The van der Waals surface area contributed by atoms with Crippen LogP contribution in [0.4, 0.5) is 5.69 Å². The van der Waals surface area contributed by atoms with Crippen LogP contribution in [0, 0.1) is 0 Å². The minimum atomic E-state index is -3.87. The molecule has 2 aromatic carbocycles. The van der Waals surface area contributed by atoms with Crippen molar-refractivity contribution in [2.45, 2.75) is 30.3 Å². The van der Waals surface area contributed by atoms with Gasteiger partial charge in [0, 0.05) is 18.1 Å². The quantitative estimate of drug-likeness (QED) is 0.764. The lowest BCUT2D eigenvalue weighted by Crippen LogP contribution is -2.52. The van der Waals surface area contributed by atoms with E-state index in [4.69, 9.17) is 16.3 Å². The van der Waals surface area contributed by atoms with Crippen LogP contribution < -0.4 is 9.04 Å². The van der Waals surface area contributed by atoms with Gasteiger partial charge in [0.05, 0.1) is 17.1 Å². The van der Waals surface area contributed by atoms with Gasteiger partial charge in [-0.3, -0.25) is 9.10 Å². The third kappa shape index (κ3) is 3.56. The van der Waals surface area contributed by atoms with Crippen LogP contribution in [0.3, 0.4) is 0 Å². The van der Waals surface area contributed by atoms with E-state index in [0.29, 0.717) is 29.5 Å². The number of nitrogens with zero attached hydrogens (tertiary/aromatic N) is 2. The minimum Gasteiger partial charge on any atom is -0.476 e. The lowest BCUT2D eigenvalue weighted by atomic mass is 10.1. The second kappa shape index (κ2) is 7.64. The van der Waals surface area contributed by atoms with Gasteiger partial charge in [-0.05, 0) is 55.7 Å². The van der Waals surface area contributed by atoms with E-state index in [2.05, 4.69) is 0 Å². The summed E-state index contributed by atoms with van der Waals surface area (Å²) >= 11 is 5.90. The van der Waals surface area contributed by atoms with Crippen LogP contribution in [0.2, 0.25) is 5.02 Å². The highest BCUT2D eigenvalue weighted by atomic mass is 35.5. The van der Waals surface area contributed by atoms with Gasteiger partial charge in [0.2, 0.25) is 0 Å². The largest absolute Gasteiger partial charge is 0.476 e. The molecule has 0 bridgehead atoms. The molecule has 0 radical (unpaired) electrons. The summed E-state index contributed by atoms with van der Waals surface area (Å²) in [4.78, 5) is 14.9. The Bertz CT molecular complexity index is 972. The zero-order valence-corrected chi connectivity index (χ0v) is 16.8. The van der Waals surface area contributed by atoms with Crippen molar-refractivity contribution < 1.29 is 17.9 Å². The fourth-order valence-electron chi connectivity index (χ4n) is 3.61. The second-order valence-corrected chi connectivity index (χ2v) is 9.25. The summed E-state index contributed by atoms with van der Waals surface area (Å²) in [6, 6.07) is 12.9. The van der Waals surface area contributed by atoms with E-state index in [-0.39, 0.29) is 17.3 Å². The second-order valence-electron chi connectivity index (χ2n) is 6.95. The molecule has 2 aliphatic heterocycles. The first kappa shape index (κ1) is 19.1. The monoisotopic (exact) mass is 420 g/mol. The number of likely N-dealkylation sites (tertiary alicyclic amines) is 1. The van der Waals surface area contributed by atoms with Gasteiger partial charge in [0.1, 0.15) is 5.75 Å². The molecule has 1 saturated heterocycles. The number of anilines is 1. The van der Waals surface area contributed by atoms with E-state index in [1.807, 2.05) is 0 Å². The number of para-hydroxylation sites is 2. The number of piperidine rings is 1. The van der Waals surface area contributed by atoms with Crippen LogP contribution in [0.25, 0.3) is 0 Å². The number of carbonyl (C=O) groups excluding carboxylic acids is 1. The van der Waals surface area contributed by atoms with Gasteiger partial charge < -0.3 is 9.64 Å². The summed E-state index contributed by atoms with van der Waals surface area (Å²) in [5.41, 5.74) is 0.431. The Hall–Kier alpha value is -2.25. The summed E-state index contributed by atoms with van der Waals surface area (Å²) in [6.45, 7) is 1.31. The summed E-state index contributed by atoms with van der Waals surface area (Å²) in [7, 11) is -3.87. The van der Waals surface area contributed by atoms with E-state index in [9.17, 15) is 13.2 Å². The summed E-state index contributed by atoms with van der Waals surface area (Å²) in [6.07, 6.45) is 2.16. The SMILES string of the molecule is O=C([C@H]1CN(S(=O)(=O)c2ccc(Cl)cc2)c2ccccc2O1)N1CCCCC1. The van der Waals surface area contributed by atoms with Crippen molar-refractivity contribution in [3.63, 3.8) is 0 Å². The average Bonchev–Trinajstić information content (AvgIpc) is 2.73. The van der Waals surface area contributed by atoms with Gasteiger partial charge >= 0.3 is 0 Å². The molecule has 0 unspecified atom stereocenters. The van der Waals surface area contributed by atoms with Gasteiger partial charge in [-0.2, -0.15) is 0 Å². The van der Waals surface area contributed by atoms with Crippen LogP contribution in [0.1, 0.15) is 19.3 Å². The molecular weight excluding hydrogens is 400 g/mol. The number of sulfonamides is 1. The number of hydrogen-bond donors (Lipinski definition) is 0. The molecule has 4 rings (SSSR count). The van der Waals surface area contributed by atoms with Crippen molar-refractivity contribution in [3.8, 4) is 5.75 Å². The molecule has 2 aliphatic rings. The van der Waals surface area contributed by atoms with E-state index < -0.39 is 16.1 Å². The molecule has 2 heterocycles. The Morgan fingerprint density at radius 2 is 1.68 bits per heavy atom. The maximum Gasteiger partial charge on any atom is 0.265 e. The number of halogens is 1. The molecular formula is C20H21ClN2O4S. The lowest BCUT2D eigenvalue weighted by Gasteiger charge is -2.37. The molecule has 1 fully saturated rings. The van der Waals surface area contributed by atoms with Crippen molar-refractivity contribution in [1.82, 2.24) is 4.90 Å². The van der Waals surface area contributed by atoms with E-state index in [1.165, 1.54) is 28.6 Å². The van der Waals surface area contributed by atoms with Crippen molar-refractivity contribution in [2.24, 2.45) is 0 Å². The lowest BCUT2D eigenvalue weighted by molar-refractivity contribution is -0.139. The molecule has 8 heteroatoms. The summed E-state index contributed by atoms with van der Waals surface area (Å²) < 4.78 is 33.8. The van der Waals surface area contributed by atoms with Gasteiger partial charge in [0.15, 0.2) is 6.10 Å². The first-order valence-electron chi connectivity index (χ1n) is 9.29. The molecule has 2 aromatic rings. The van der Waals surface area contributed by atoms with Crippen LogP contribution in [-0.4, -0.2) is 45.0 Å². The smallest absolute Gasteiger partial charge is 0.265 e. The van der Waals surface area contributed by atoms with Gasteiger partial charge in [-0.1, -0.05) is 23.7 Å². The third-order valence-corrected chi connectivity index (χ3v) is 7.13. The fourth-order valence-corrected chi connectivity index (χ4v) is 5.21. The Kier molecular flexibility index (Phi) is 5.21. The molecule has 0 spiro atoms. The summed E-state index contributed by atoms with van der Waals surface area (Å²) in [5.74, 6) is 0.229. The standard InChI is InChI=1S/C20H21ClN2O4S/c21-15-8-10-16(11-9-15)28(25,26)23-14-19(20(24)22-12-4-1-5-13-22)27-18-7-3-2-6-17(18)23/h2-3,6-11,19H,1,4-5,12-14H2/t19-/m1/s1. The number of rotatable bonds is 3. The number of hydrogen-bond acceptors (Lipinski definition) is 4. The zero-order chi connectivity index (χ0) is 19.7. The van der Waals surface area contributed by atoms with Crippen LogP contribution in [0.5, 0.6) is 5.75 Å². The van der Waals surface area contributed by atoms with Gasteiger partial charge in [-0.25, -0.2) is 8.42 Å². The fraction of sp³-hybridized carbons (Fsp3) is 0.350. The number of ether oxygens (including phenoxy) is 1. The minimum absolute atomic E-state index is 0.0582. The Morgan fingerprint density at radius 3 is 2.39 bits per heavy atom. The normalized spacial score (nSPS) is 19.7. The van der Waals surface area contributed by atoms with Gasteiger partial charge in [-0.15, -0.1) is 0 Å². The first-order valence-corrected chi connectivity index (χ1v) is 11.1. The summed E-state index contributed by atoms with van der Waals surface area (Å²) in [5, 5.41) is 0.458. The maximum absolute atomic E-state index is 13.3. The predicted molar refractivity (Wildman–Crippen MR) is 107 cm³/mol. The van der Waals surface area contributed by atoms with E-state index in [0.717, 1.165) is 19.3 Å². The zero-order valence-electron chi connectivity index (χ0n) is 15.3. The highest BCUT2D eigenvalue weighted by molar-refractivity contribution is 7.92. The average molecular weight is 421 g/mol. The first-order chi connectivity index (χ1) is 13.5.